The lowest BCUT2D eigenvalue weighted by Gasteiger charge is -2.10. The molecule has 0 aliphatic carbocycles. The van der Waals surface area contributed by atoms with Crippen molar-refractivity contribution in [1.82, 2.24) is 18.7 Å². The van der Waals surface area contributed by atoms with Crippen LogP contribution in [0.25, 0.3) is 11.2 Å². The summed E-state index contributed by atoms with van der Waals surface area (Å²) in [4.78, 5) is 52.3. The number of carbonyl (C=O) groups is 2. The van der Waals surface area contributed by atoms with E-state index in [0.29, 0.717) is 18.6 Å². The van der Waals surface area contributed by atoms with Crippen LogP contribution >= 0.6 is 0 Å². The predicted molar refractivity (Wildman–Crippen MR) is 85.8 cm³/mol. The van der Waals surface area contributed by atoms with Gasteiger partial charge in [0.15, 0.2) is 11.2 Å². The zero-order valence-electron chi connectivity index (χ0n) is 13.9. The van der Waals surface area contributed by atoms with Gasteiger partial charge in [0.2, 0.25) is 5.78 Å². The van der Waals surface area contributed by atoms with Gasteiger partial charge in [-0.15, -0.1) is 0 Å². The minimum Gasteiger partial charge on any atom is -0.460 e. The second-order valence-corrected chi connectivity index (χ2v) is 5.31. The Morgan fingerprint density at radius 1 is 1.17 bits per heavy atom. The minimum atomic E-state index is -0.957. The average molecular weight is 336 g/mol. The van der Waals surface area contributed by atoms with Gasteiger partial charge in [0.25, 0.3) is 5.56 Å². The number of nitrogens with zero attached hydrogens (tertiary/aromatic N) is 4. The second-order valence-electron chi connectivity index (χ2n) is 5.31. The lowest BCUT2D eigenvalue weighted by molar-refractivity contribution is -0.153. The molecule has 0 saturated carbocycles. The molecule has 130 valence electrons. The predicted octanol–water partition coefficient (Wildman–Crippen LogP) is -0.171. The Hall–Kier alpha value is -2.71. The number of imidazole rings is 1. The topological polar surface area (TPSA) is 105 Å². The zero-order chi connectivity index (χ0) is 17.9. The zero-order valence-corrected chi connectivity index (χ0v) is 13.9. The maximum atomic E-state index is 12.6. The summed E-state index contributed by atoms with van der Waals surface area (Å²) in [5, 5.41) is 0. The van der Waals surface area contributed by atoms with E-state index in [0.717, 1.165) is 4.57 Å². The van der Waals surface area contributed by atoms with Crippen molar-refractivity contribution in [3.8, 4) is 0 Å². The molecule has 9 nitrogen and oxygen atoms in total. The third kappa shape index (κ3) is 3.15. The molecule has 0 saturated heterocycles. The van der Waals surface area contributed by atoms with Crippen molar-refractivity contribution < 1.29 is 14.3 Å². The fourth-order valence-electron chi connectivity index (χ4n) is 2.46. The summed E-state index contributed by atoms with van der Waals surface area (Å²) in [5.74, 6) is -1.73. The highest BCUT2D eigenvalue weighted by Crippen LogP contribution is 2.05. The largest absolute Gasteiger partial charge is 0.460 e. The van der Waals surface area contributed by atoms with Gasteiger partial charge in [-0.3, -0.25) is 18.7 Å². The van der Waals surface area contributed by atoms with E-state index in [1.54, 1.807) is 14.0 Å². The van der Waals surface area contributed by atoms with Crippen LogP contribution in [0.4, 0.5) is 0 Å². The van der Waals surface area contributed by atoms with Crippen LogP contribution in [-0.4, -0.2) is 37.0 Å². The number of ketones is 1. The highest BCUT2D eigenvalue weighted by atomic mass is 16.5. The number of ether oxygens (including phenoxy) is 1. The molecule has 2 aromatic rings. The molecule has 2 heterocycles. The summed E-state index contributed by atoms with van der Waals surface area (Å²) >= 11 is 0. The van der Waals surface area contributed by atoms with Crippen LogP contribution in [0.3, 0.4) is 0 Å². The monoisotopic (exact) mass is 336 g/mol. The van der Waals surface area contributed by atoms with Crippen LogP contribution in [-0.2, 0) is 34.5 Å². The molecular weight excluding hydrogens is 316 g/mol. The van der Waals surface area contributed by atoms with E-state index in [9.17, 15) is 19.2 Å². The van der Waals surface area contributed by atoms with Crippen molar-refractivity contribution in [3.63, 3.8) is 0 Å². The molecule has 0 aliphatic heterocycles. The SMILES string of the molecule is CCCn1c(=O)n(CCC(=O)C(=O)OCC)c(=O)c2c1ncn2C. The van der Waals surface area contributed by atoms with Crippen LogP contribution in [0.5, 0.6) is 0 Å². The van der Waals surface area contributed by atoms with Gasteiger partial charge in [-0.05, 0) is 13.3 Å². The Bertz CT molecular complexity index is 890. The normalized spacial score (nSPS) is 11.0. The maximum absolute atomic E-state index is 12.6. The first-order valence-corrected chi connectivity index (χ1v) is 7.76. The van der Waals surface area contributed by atoms with Gasteiger partial charge >= 0.3 is 11.7 Å². The Kier molecular flexibility index (Phi) is 5.32. The van der Waals surface area contributed by atoms with E-state index in [2.05, 4.69) is 9.72 Å². The average Bonchev–Trinajstić information content (AvgIpc) is 2.93. The Morgan fingerprint density at radius 3 is 2.50 bits per heavy atom. The molecule has 0 atom stereocenters. The highest BCUT2D eigenvalue weighted by Gasteiger charge is 2.19. The molecule has 2 aromatic heterocycles. The van der Waals surface area contributed by atoms with Gasteiger partial charge in [0.05, 0.1) is 12.9 Å². The number of fused-ring (bicyclic) bond motifs is 1. The van der Waals surface area contributed by atoms with E-state index >= 15 is 0 Å². The number of rotatable bonds is 7. The fraction of sp³-hybridized carbons (Fsp3) is 0.533. The van der Waals surface area contributed by atoms with E-state index in [4.69, 9.17) is 0 Å². The van der Waals surface area contributed by atoms with Gasteiger partial charge in [0.1, 0.15) is 0 Å². The van der Waals surface area contributed by atoms with Crippen molar-refractivity contribution in [2.24, 2.45) is 7.05 Å². The van der Waals surface area contributed by atoms with Gasteiger partial charge in [-0.2, -0.15) is 0 Å². The Labute approximate surface area is 137 Å². The molecule has 2 rings (SSSR count). The van der Waals surface area contributed by atoms with E-state index in [1.807, 2.05) is 6.92 Å². The number of carbonyl (C=O) groups excluding carboxylic acids is 2. The molecule has 0 unspecified atom stereocenters. The van der Waals surface area contributed by atoms with Crippen molar-refractivity contribution in [3.05, 3.63) is 27.2 Å². The number of esters is 1. The summed E-state index contributed by atoms with van der Waals surface area (Å²) in [5.41, 5.74) is -0.460. The first-order chi connectivity index (χ1) is 11.4. The minimum absolute atomic E-state index is 0.0921. The molecule has 0 radical (unpaired) electrons. The smallest absolute Gasteiger partial charge is 0.374 e. The molecule has 0 bridgehead atoms. The van der Waals surface area contributed by atoms with Crippen molar-refractivity contribution in [2.75, 3.05) is 6.61 Å². The third-order valence-corrected chi connectivity index (χ3v) is 3.60. The van der Waals surface area contributed by atoms with Crippen molar-refractivity contribution >= 4 is 22.9 Å². The highest BCUT2D eigenvalue weighted by molar-refractivity contribution is 6.33. The molecule has 0 aliphatic rings. The first kappa shape index (κ1) is 17.6. The van der Waals surface area contributed by atoms with Gasteiger partial charge < -0.3 is 9.30 Å². The summed E-state index contributed by atoms with van der Waals surface area (Å²) in [6.45, 7) is 3.81. The third-order valence-electron chi connectivity index (χ3n) is 3.60. The van der Waals surface area contributed by atoms with Gasteiger partial charge in [0, 0.05) is 26.6 Å². The summed E-state index contributed by atoms with van der Waals surface area (Å²) in [6, 6.07) is 0. The van der Waals surface area contributed by atoms with Crippen LogP contribution < -0.4 is 11.2 Å². The maximum Gasteiger partial charge on any atom is 0.374 e. The number of Topliss-reactive ketones (excluding diaryl/α,β-unsaturated/α-hetero) is 1. The van der Waals surface area contributed by atoms with E-state index in [-0.39, 0.29) is 25.1 Å². The van der Waals surface area contributed by atoms with Gasteiger partial charge in [-0.1, -0.05) is 6.92 Å². The summed E-state index contributed by atoms with van der Waals surface area (Å²) in [7, 11) is 1.66. The molecule has 9 heteroatoms. The molecule has 24 heavy (non-hydrogen) atoms. The van der Waals surface area contributed by atoms with Crippen LogP contribution in [0, 0.1) is 0 Å². The van der Waals surface area contributed by atoms with E-state index in [1.165, 1.54) is 15.5 Å². The van der Waals surface area contributed by atoms with Crippen LogP contribution in [0.1, 0.15) is 26.7 Å². The van der Waals surface area contributed by atoms with Gasteiger partial charge in [-0.25, -0.2) is 14.6 Å². The number of hydrogen-bond acceptors (Lipinski definition) is 6. The Balaban J connectivity index is 2.45. The molecule has 0 amide bonds. The molecular formula is C15H20N4O5. The standard InChI is InChI=1S/C15H20N4O5/c1-4-7-18-12-11(17(3)9-16-12)13(21)19(15(18)23)8-6-10(20)14(22)24-5-2/h9H,4-8H2,1-3H3. The molecule has 0 N–H and O–H groups in total. The molecule has 0 fully saturated rings. The second kappa shape index (κ2) is 7.24. The fourth-order valence-corrected chi connectivity index (χ4v) is 2.46. The van der Waals surface area contributed by atoms with Crippen molar-refractivity contribution in [1.29, 1.82) is 0 Å². The first-order valence-electron chi connectivity index (χ1n) is 7.76. The molecule has 0 spiro atoms. The number of hydrogen-bond donors (Lipinski definition) is 0. The lowest BCUT2D eigenvalue weighted by atomic mass is 10.3. The quantitative estimate of drug-likeness (QED) is 0.513. The summed E-state index contributed by atoms with van der Waals surface area (Å²) < 4.78 is 8.53. The van der Waals surface area contributed by atoms with Crippen LogP contribution in [0.15, 0.2) is 15.9 Å². The number of aryl methyl sites for hydroxylation is 2. The van der Waals surface area contributed by atoms with Crippen molar-refractivity contribution in [2.45, 2.75) is 39.8 Å². The van der Waals surface area contributed by atoms with E-state index < -0.39 is 23.0 Å². The number of aromatic nitrogens is 4. The molecule has 0 aromatic carbocycles. The Morgan fingerprint density at radius 2 is 1.88 bits per heavy atom. The van der Waals surface area contributed by atoms with Crippen LogP contribution in [0.2, 0.25) is 0 Å². The lowest BCUT2D eigenvalue weighted by Crippen LogP contribution is -2.41. The summed E-state index contributed by atoms with van der Waals surface area (Å²) in [6.07, 6.45) is 1.88.